The predicted molar refractivity (Wildman–Crippen MR) is 82.1 cm³/mol. The molecule has 120 valence electrons. The van der Waals surface area contributed by atoms with E-state index in [2.05, 4.69) is 19.1 Å². The lowest BCUT2D eigenvalue weighted by Gasteiger charge is -2.36. The van der Waals surface area contributed by atoms with E-state index in [1.54, 1.807) is 0 Å². The zero-order valence-electron chi connectivity index (χ0n) is 13.0. The minimum absolute atomic E-state index is 0.401. The lowest BCUT2D eigenvalue weighted by atomic mass is 9.69. The highest BCUT2D eigenvalue weighted by atomic mass is 19.2. The van der Waals surface area contributed by atoms with Crippen LogP contribution in [0, 0.1) is 35.2 Å². The van der Waals surface area contributed by atoms with E-state index < -0.39 is 17.5 Å². The van der Waals surface area contributed by atoms with Gasteiger partial charge in [-0.1, -0.05) is 12.2 Å². The third-order valence-corrected chi connectivity index (χ3v) is 5.55. The second kappa shape index (κ2) is 6.47. The first-order chi connectivity index (χ1) is 10.6. The van der Waals surface area contributed by atoms with E-state index in [-0.39, 0.29) is 0 Å². The molecule has 3 rings (SSSR count). The van der Waals surface area contributed by atoms with Crippen molar-refractivity contribution in [3.05, 3.63) is 46.8 Å². The number of hydrogen-bond donors (Lipinski definition) is 0. The summed E-state index contributed by atoms with van der Waals surface area (Å²) in [7, 11) is 0. The third kappa shape index (κ3) is 2.95. The van der Waals surface area contributed by atoms with Gasteiger partial charge in [-0.25, -0.2) is 13.2 Å². The smallest absolute Gasteiger partial charge is 0.194 e. The van der Waals surface area contributed by atoms with E-state index in [1.165, 1.54) is 31.7 Å². The molecular weight excluding hydrogens is 285 g/mol. The second-order valence-electron chi connectivity index (χ2n) is 6.83. The minimum atomic E-state index is -1.32. The van der Waals surface area contributed by atoms with Gasteiger partial charge in [0.2, 0.25) is 0 Å². The highest BCUT2D eigenvalue weighted by Crippen LogP contribution is 2.40. The molecule has 0 saturated heterocycles. The van der Waals surface area contributed by atoms with E-state index in [0.29, 0.717) is 41.7 Å². The van der Waals surface area contributed by atoms with Crippen molar-refractivity contribution in [1.82, 2.24) is 0 Å². The Labute approximate surface area is 130 Å². The van der Waals surface area contributed by atoms with Gasteiger partial charge in [-0.2, -0.15) is 0 Å². The quantitative estimate of drug-likeness (QED) is 0.493. The highest BCUT2D eigenvalue weighted by Gasteiger charge is 2.31. The van der Waals surface area contributed by atoms with E-state index in [1.807, 2.05) is 0 Å². The van der Waals surface area contributed by atoms with Crippen LogP contribution in [0.3, 0.4) is 0 Å². The maximum atomic E-state index is 13.8. The molecule has 0 spiro atoms. The van der Waals surface area contributed by atoms with Crippen molar-refractivity contribution in [2.45, 2.75) is 51.9 Å². The highest BCUT2D eigenvalue weighted by molar-refractivity contribution is 5.33. The molecule has 0 nitrogen and oxygen atoms in total. The van der Waals surface area contributed by atoms with Gasteiger partial charge in [0.1, 0.15) is 0 Å². The van der Waals surface area contributed by atoms with Crippen molar-refractivity contribution in [2.75, 3.05) is 0 Å². The molecule has 0 aliphatic heterocycles. The van der Waals surface area contributed by atoms with Crippen LogP contribution in [0.15, 0.2) is 18.2 Å². The summed E-state index contributed by atoms with van der Waals surface area (Å²) in [5.74, 6) is -1.50. The molecule has 22 heavy (non-hydrogen) atoms. The normalized spacial score (nSPS) is 28.8. The van der Waals surface area contributed by atoms with Gasteiger partial charge < -0.3 is 0 Å². The molecule has 1 saturated carbocycles. The summed E-state index contributed by atoms with van der Waals surface area (Å²) in [6.45, 7) is 2.06. The third-order valence-electron chi connectivity index (χ3n) is 5.55. The monoisotopic (exact) mass is 308 g/mol. The molecule has 2 aliphatic carbocycles. The number of benzene rings is 1. The van der Waals surface area contributed by atoms with Crippen LogP contribution in [0.4, 0.5) is 13.2 Å². The topological polar surface area (TPSA) is 0 Å². The first-order valence-corrected chi connectivity index (χ1v) is 8.38. The SMILES string of the molecule is C/C=C/C1CCC(C2CCc3c(cc(F)c(F)c3F)C2)CC1. The van der Waals surface area contributed by atoms with Gasteiger partial charge in [-0.15, -0.1) is 0 Å². The molecule has 0 bridgehead atoms. The summed E-state index contributed by atoms with van der Waals surface area (Å²) in [6, 6.07) is 1.21. The number of rotatable bonds is 2. The molecule has 1 aromatic carbocycles. The molecule has 0 N–H and O–H groups in total. The zero-order valence-corrected chi connectivity index (χ0v) is 13.0. The van der Waals surface area contributed by atoms with Crippen molar-refractivity contribution in [2.24, 2.45) is 17.8 Å². The van der Waals surface area contributed by atoms with Gasteiger partial charge in [0.25, 0.3) is 0 Å². The summed E-state index contributed by atoms with van der Waals surface area (Å²) in [4.78, 5) is 0. The summed E-state index contributed by atoms with van der Waals surface area (Å²) >= 11 is 0. The molecule has 0 radical (unpaired) electrons. The number of fused-ring (bicyclic) bond motifs is 1. The van der Waals surface area contributed by atoms with E-state index in [4.69, 9.17) is 0 Å². The number of hydrogen-bond acceptors (Lipinski definition) is 0. The van der Waals surface area contributed by atoms with Crippen molar-refractivity contribution < 1.29 is 13.2 Å². The fourth-order valence-corrected chi connectivity index (χ4v) is 4.33. The largest absolute Gasteiger partial charge is 0.204 e. The van der Waals surface area contributed by atoms with Gasteiger partial charge in [0.15, 0.2) is 17.5 Å². The molecule has 0 heterocycles. The Bertz CT molecular complexity index is 569. The summed E-state index contributed by atoms with van der Waals surface area (Å²) in [6.07, 6.45) is 11.4. The lowest BCUT2D eigenvalue weighted by Crippen LogP contribution is -2.27. The first kappa shape index (κ1) is 15.6. The van der Waals surface area contributed by atoms with Crippen LogP contribution in [0.25, 0.3) is 0 Å². The van der Waals surface area contributed by atoms with Crippen molar-refractivity contribution in [3.63, 3.8) is 0 Å². The molecule has 1 fully saturated rings. The van der Waals surface area contributed by atoms with Crippen LogP contribution in [-0.4, -0.2) is 0 Å². The fourth-order valence-electron chi connectivity index (χ4n) is 4.33. The van der Waals surface area contributed by atoms with Crippen LogP contribution in [0.1, 0.15) is 50.2 Å². The molecular formula is C19H23F3. The number of allylic oxidation sites excluding steroid dienone is 2. The van der Waals surface area contributed by atoms with Crippen molar-refractivity contribution >= 4 is 0 Å². The molecule has 1 atom stereocenters. The van der Waals surface area contributed by atoms with Crippen LogP contribution >= 0.6 is 0 Å². The Balaban J connectivity index is 1.70. The van der Waals surface area contributed by atoms with Crippen molar-refractivity contribution in [3.8, 4) is 0 Å². The lowest BCUT2D eigenvalue weighted by molar-refractivity contribution is 0.204. The standard InChI is InChI=1S/C19H23F3/c1-2-3-12-4-6-13(7-5-12)14-8-9-16-15(10-14)11-17(20)19(22)18(16)21/h2-3,11-14H,4-10H2,1H3/b3-2+. The van der Waals surface area contributed by atoms with Crippen molar-refractivity contribution in [1.29, 1.82) is 0 Å². The second-order valence-corrected chi connectivity index (χ2v) is 6.83. The maximum Gasteiger partial charge on any atom is 0.194 e. The Hall–Kier alpha value is -1.25. The van der Waals surface area contributed by atoms with E-state index >= 15 is 0 Å². The molecule has 2 aliphatic rings. The van der Waals surface area contributed by atoms with Crippen LogP contribution in [-0.2, 0) is 12.8 Å². The molecule has 1 unspecified atom stereocenters. The molecule has 0 amide bonds. The Morgan fingerprint density at radius 2 is 1.68 bits per heavy atom. The van der Waals surface area contributed by atoms with Crippen LogP contribution < -0.4 is 0 Å². The molecule has 1 aromatic rings. The van der Waals surface area contributed by atoms with Gasteiger partial charge in [0.05, 0.1) is 0 Å². The summed E-state index contributed by atoms with van der Waals surface area (Å²) in [5, 5.41) is 0. The van der Waals surface area contributed by atoms with Gasteiger partial charge >= 0.3 is 0 Å². The van der Waals surface area contributed by atoms with E-state index in [9.17, 15) is 13.2 Å². The zero-order chi connectivity index (χ0) is 15.7. The summed E-state index contributed by atoms with van der Waals surface area (Å²) in [5.41, 5.74) is 1.08. The van der Waals surface area contributed by atoms with Crippen LogP contribution in [0.2, 0.25) is 0 Å². The van der Waals surface area contributed by atoms with Gasteiger partial charge in [0, 0.05) is 0 Å². The minimum Gasteiger partial charge on any atom is -0.204 e. The Morgan fingerprint density at radius 3 is 2.36 bits per heavy atom. The molecule has 0 aromatic heterocycles. The maximum absolute atomic E-state index is 13.8. The number of halogens is 3. The predicted octanol–water partition coefficient (Wildman–Crippen LogP) is 5.59. The molecule has 3 heteroatoms. The van der Waals surface area contributed by atoms with E-state index in [0.717, 1.165) is 6.42 Å². The first-order valence-electron chi connectivity index (χ1n) is 8.38. The average Bonchev–Trinajstić information content (AvgIpc) is 2.53. The van der Waals surface area contributed by atoms with Crippen LogP contribution in [0.5, 0.6) is 0 Å². The average molecular weight is 308 g/mol. The summed E-state index contributed by atoms with van der Waals surface area (Å²) < 4.78 is 40.6. The Kier molecular flexibility index (Phi) is 4.60. The Morgan fingerprint density at radius 1 is 0.955 bits per heavy atom. The fraction of sp³-hybridized carbons (Fsp3) is 0.579. The van der Waals surface area contributed by atoms with Gasteiger partial charge in [-0.3, -0.25) is 0 Å². The van der Waals surface area contributed by atoms with Gasteiger partial charge in [-0.05, 0) is 86.8 Å².